The summed E-state index contributed by atoms with van der Waals surface area (Å²) in [6, 6.07) is 36.0. The number of nitrogens with zero attached hydrogens (tertiary/aromatic N) is 1. The van der Waals surface area contributed by atoms with Gasteiger partial charge in [0.15, 0.2) is 5.13 Å². The van der Waals surface area contributed by atoms with Crippen molar-refractivity contribution < 1.29 is 9.59 Å². The number of fused-ring (bicyclic) bond motifs is 1. The van der Waals surface area contributed by atoms with Crippen LogP contribution in [0.3, 0.4) is 0 Å². The summed E-state index contributed by atoms with van der Waals surface area (Å²) in [7, 11) is 0. The number of anilines is 2. The smallest absolute Gasteiger partial charge is 0.268 e. The van der Waals surface area contributed by atoms with E-state index in [1.54, 1.807) is 0 Å². The Labute approximate surface area is 236 Å². The van der Waals surface area contributed by atoms with Gasteiger partial charge in [0.1, 0.15) is 4.88 Å². The zero-order chi connectivity index (χ0) is 27.3. The first kappa shape index (κ1) is 24.5. The zero-order valence-corrected chi connectivity index (χ0v) is 22.7. The van der Waals surface area contributed by atoms with Crippen molar-refractivity contribution in [2.75, 3.05) is 10.6 Å². The molecule has 0 radical (unpaired) electrons. The van der Waals surface area contributed by atoms with Crippen LogP contribution in [0.2, 0.25) is 0 Å². The summed E-state index contributed by atoms with van der Waals surface area (Å²) < 4.78 is 0. The van der Waals surface area contributed by atoms with Crippen LogP contribution in [0.4, 0.5) is 10.8 Å². The fourth-order valence-corrected chi connectivity index (χ4v) is 7.34. The molecule has 1 heterocycles. The van der Waals surface area contributed by atoms with Gasteiger partial charge in [-0.25, -0.2) is 4.98 Å². The van der Waals surface area contributed by atoms with Crippen molar-refractivity contribution in [3.05, 3.63) is 136 Å². The second-order valence-electron chi connectivity index (χ2n) is 10.7. The van der Waals surface area contributed by atoms with Crippen LogP contribution in [0, 0.1) is 5.41 Å². The van der Waals surface area contributed by atoms with Crippen molar-refractivity contribution >= 4 is 34.0 Å². The Hall–Kier alpha value is -4.55. The van der Waals surface area contributed by atoms with E-state index in [0.717, 1.165) is 12.0 Å². The highest BCUT2D eigenvalue weighted by molar-refractivity contribution is 7.18. The number of para-hydroxylation sites is 1. The molecule has 4 aromatic carbocycles. The maximum atomic E-state index is 14.2. The molecule has 6 heteroatoms. The topological polar surface area (TPSA) is 71.1 Å². The number of amides is 2. The van der Waals surface area contributed by atoms with Gasteiger partial charge in [-0.3, -0.25) is 9.59 Å². The minimum atomic E-state index is -0.668. The lowest BCUT2D eigenvalue weighted by molar-refractivity contribution is -0.126. The van der Waals surface area contributed by atoms with E-state index in [1.165, 1.54) is 33.6 Å². The summed E-state index contributed by atoms with van der Waals surface area (Å²) in [5.74, 6) is -0.223. The average Bonchev–Trinajstić information content (AvgIpc) is 3.42. The second-order valence-corrected chi connectivity index (χ2v) is 11.7. The molecule has 0 aliphatic heterocycles. The lowest BCUT2D eigenvalue weighted by atomic mass is 9.52. The molecule has 5 nitrogen and oxygen atoms in total. The molecule has 0 spiro atoms. The maximum absolute atomic E-state index is 14.2. The van der Waals surface area contributed by atoms with Crippen LogP contribution in [0.15, 0.2) is 109 Å². The monoisotopic (exact) mass is 541 g/mol. The number of aromatic nitrogens is 1. The molecule has 0 fully saturated rings. The summed E-state index contributed by atoms with van der Waals surface area (Å²) in [4.78, 5) is 32.8. The van der Waals surface area contributed by atoms with Gasteiger partial charge >= 0.3 is 0 Å². The van der Waals surface area contributed by atoms with Crippen molar-refractivity contribution in [1.82, 2.24) is 4.98 Å². The number of hydrogen-bond acceptors (Lipinski definition) is 4. The fraction of sp³-hybridized carbons (Fsp3) is 0.147. The predicted octanol–water partition coefficient (Wildman–Crippen LogP) is 7.69. The van der Waals surface area contributed by atoms with Crippen molar-refractivity contribution in [3.8, 4) is 11.3 Å². The molecule has 1 unspecified atom stereocenters. The number of benzene rings is 4. The van der Waals surface area contributed by atoms with Crippen LogP contribution >= 0.6 is 11.3 Å². The van der Waals surface area contributed by atoms with Gasteiger partial charge in [0.05, 0.1) is 11.1 Å². The van der Waals surface area contributed by atoms with E-state index in [-0.39, 0.29) is 23.7 Å². The molecule has 0 saturated carbocycles. The number of rotatable bonds is 5. The lowest BCUT2D eigenvalue weighted by Gasteiger charge is -2.50. The molecule has 5 aromatic rings. The first-order valence-corrected chi connectivity index (χ1v) is 14.3. The Kier molecular flexibility index (Phi) is 5.86. The number of carbonyl (C=O) groups is 2. The van der Waals surface area contributed by atoms with Gasteiger partial charge in [-0.15, -0.1) is 0 Å². The fourth-order valence-electron chi connectivity index (χ4n) is 6.46. The van der Waals surface area contributed by atoms with E-state index >= 15 is 0 Å². The van der Waals surface area contributed by atoms with Gasteiger partial charge in [-0.2, -0.15) is 0 Å². The highest BCUT2D eigenvalue weighted by Gasteiger charge is 2.54. The quantitative estimate of drug-likeness (QED) is 0.240. The molecule has 2 N–H and O–H groups in total. The number of carbonyl (C=O) groups excluding carboxylic acids is 2. The lowest BCUT2D eigenvalue weighted by Crippen LogP contribution is -2.47. The van der Waals surface area contributed by atoms with E-state index in [9.17, 15) is 9.59 Å². The van der Waals surface area contributed by atoms with Crippen LogP contribution in [-0.4, -0.2) is 16.8 Å². The number of thiazole rings is 1. The molecular formula is C34H27N3O2S. The van der Waals surface area contributed by atoms with Gasteiger partial charge in [0.25, 0.3) is 5.91 Å². The van der Waals surface area contributed by atoms with Crippen LogP contribution < -0.4 is 10.6 Å². The molecule has 3 aliphatic carbocycles. The third kappa shape index (κ3) is 3.95. The Bertz CT molecular complexity index is 1700. The van der Waals surface area contributed by atoms with Crippen LogP contribution in [0.5, 0.6) is 0 Å². The summed E-state index contributed by atoms with van der Waals surface area (Å²) in [6.45, 7) is 2.07. The van der Waals surface area contributed by atoms with Crippen molar-refractivity contribution in [1.29, 1.82) is 0 Å². The summed E-state index contributed by atoms with van der Waals surface area (Å²) >= 11 is 1.21. The molecule has 2 amide bonds. The highest BCUT2D eigenvalue weighted by Crippen LogP contribution is 2.61. The van der Waals surface area contributed by atoms with E-state index in [4.69, 9.17) is 4.98 Å². The second kappa shape index (κ2) is 9.57. The first-order valence-electron chi connectivity index (χ1n) is 13.4. The minimum Gasteiger partial charge on any atom is -0.321 e. The molecule has 0 saturated heterocycles. The highest BCUT2D eigenvalue weighted by atomic mass is 32.1. The van der Waals surface area contributed by atoms with Crippen LogP contribution in [0.1, 0.15) is 57.1 Å². The Morgan fingerprint density at radius 3 is 1.93 bits per heavy atom. The maximum Gasteiger partial charge on any atom is 0.268 e. The number of hydrogen-bond donors (Lipinski definition) is 2. The predicted molar refractivity (Wildman–Crippen MR) is 160 cm³/mol. The Morgan fingerprint density at radius 2 is 1.30 bits per heavy atom. The average molecular weight is 542 g/mol. The molecule has 196 valence electrons. The van der Waals surface area contributed by atoms with Gasteiger partial charge in [-0.1, -0.05) is 108 Å². The van der Waals surface area contributed by atoms with Gasteiger partial charge in [0.2, 0.25) is 5.91 Å². The third-order valence-electron chi connectivity index (χ3n) is 8.28. The van der Waals surface area contributed by atoms with Crippen LogP contribution in [0.25, 0.3) is 11.3 Å². The van der Waals surface area contributed by atoms with E-state index in [1.807, 2.05) is 60.7 Å². The van der Waals surface area contributed by atoms with Gasteiger partial charge in [-0.05, 0) is 47.7 Å². The standard InChI is InChI=1S/C34H27N3O2S/c1-34(20-27-23-16-8-10-18-25(23)28(34)26-19-11-9-17-24(26)27)32(39)37-33-36-29(21-12-4-2-5-13-21)30(40-33)31(38)35-22-14-6-3-7-15-22/h2-19,27-28H,20H2,1H3,(H,35,38)(H,36,37,39). The largest absolute Gasteiger partial charge is 0.321 e. The van der Waals surface area contributed by atoms with Gasteiger partial charge < -0.3 is 10.6 Å². The molecule has 8 rings (SSSR count). The third-order valence-corrected chi connectivity index (χ3v) is 9.25. The molecule has 1 aromatic heterocycles. The van der Waals surface area contributed by atoms with Gasteiger partial charge in [0, 0.05) is 23.1 Å². The number of nitrogens with one attached hydrogen (secondary N) is 2. The van der Waals surface area contributed by atoms with E-state index < -0.39 is 5.41 Å². The summed E-state index contributed by atoms with van der Waals surface area (Å²) in [5.41, 5.74) is 6.49. The van der Waals surface area contributed by atoms with Crippen LogP contribution in [-0.2, 0) is 4.79 Å². The molecule has 2 bridgehead atoms. The molecule has 1 atom stereocenters. The Morgan fingerprint density at radius 1 is 0.750 bits per heavy atom. The van der Waals surface area contributed by atoms with Crippen molar-refractivity contribution in [3.63, 3.8) is 0 Å². The minimum absolute atomic E-state index is 0.0562. The first-order chi connectivity index (χ1) is 19.5. The Balaban J connectivity index is 1.24. The summed E-state index contributed by atoms with van der Waals surface area (Å²) in [5, 5.41) is 6.53. The van der Waals surface area contributed by atoms with Crippen molar-refractivity contribution in [2.45, 2.75) is 25.2 Å². The van der Waals surface area contributed by atoms with E-state index in [2.05, 4.69) is 66.1 Å². The molecule has 3 aliphatic rings. The van der Waals surface area contributed by atoms with Crippen molar-refractivity contribution in [2.24, 2.45) is 5.41 Å². The normalized spacial score (nSPS) is 20.3. The zero-order valence-electron chi connectivity index (χ0n) is 21.9. The molecular weight excluding hydrogens is 514 g/mol. The SMILES string of the molecule is CC1(C(=O)Nc2nc(-c3ccccc3)c(C(=O)Nc3ccccc3)s2)CC2c3ccccc3C1c1ccccc12. The summed E-state index contributed by atoms with van der Waals surface area (Å²) in [6.07, 6.45) is 0.718. The molecule has 40 heavy (non-hydrogen) atoms. The van der Waals surface area contributed by atoms with E-state index in [0.29, 0.717) is 21.4 Å².